The molecule has 5 nitrogen and oxygen atoms in total. The maximum absolute atomic E-state index is 4.43. The molecule has 0 amide bonds. The molecule has 2 rings (SSSR count). The molecule has 1 aliphatic carbocycles. The highest BCUT2D eigenvalue weighted by Crippen LogP contribution is 2.21. The average molecular weight is 352 g/mol. The molecule has 0 spiro atoms. The van der Waals surface area contributed by atoms with E-state index in [1.807, 2.05) is 13.2 Å². The SMILES string of the molecule is CCc1cnc(CNC(=NC)NCCCN(C)C2CCCCC2)s1. The molecule has 1 fully saturated rings. The third kappa shape index (κ3) is 6.40. The Hall–Kier alpha value is -1.14. The number of rotatable bonds is 8. The highest BCUT2D eigenvalue weighted by Gasteiger charge is 2.17. The van der Waals surface area contributed by atoms with Crippen LogP contribution in [0.25, 0.3) is 0 Å². The fraction of sp³-hybridized carbons (Fsp3) is 0.778. The van der Waals surface area contributed by atoms with Crippen molar-refractivity contribution < 1.29 is 0 Å². The molecule has 1 saturated carbocycles. The summed E-state index contributed by atoms with van der Waals surface area (Å²) in [6, 6.07) is 0.800. The maximum atomic E-state index is 4.43. The first-order valence-corrected chi connectivity index (χ1v) is 10.1. The molecule has 1 aromatic heterocycles. The van der Waals surface area contributed by atoms with Crippen LogP contribution in [-0.2, 0) is 13.0 Å². The van der Waals surface area contributed by atoms with Crippen molar-refractivity contribution in [2.45, 2.75) is 64.5 Å². The van der Waals surface area contributed by atoms with Crippen LogP contribution < -0.4 is 10.6 Å². The second-order valence-corrected chi connectivity index (χ2v) is 7.75. The van der Waals surface area contributed by atoms with E-state index >= 15 is 0 Å². The van der Waals surface area contributed by atoms with Crippen molar-refractivity contribution in [2.24, 2.45) is 4.99 Å². The number of nitrogens with zero attached hydrogens (tertiary/aromatic N) is 3. The van der Waals surface area contributed by atoms with Crippen LogP contribution in [0.2, 0.25) is 0 Å². The summed E-state index contributed by atoms with van der Waals surface area (Å²) in [7, 11) is 4.10. The zero-order chi connectivity index (χ0) is 17.2. The molecule has 2 N–H and O–H groups in total. The molecule has 0 radical (unpaired) electrons. The predicted molar refractivity (Wildman–Crippen MR) is 104 cm³/mol. The van der Waals surface area contributed by atoms with Crippen LogP contribution in [-0.4, -0.2) is 49.1 Å². The Kier molecular flexibility index (Phi) is 8.53. The lowest BCUT2D eigenvalue weighted by Crippen LogP contribution is -2.39. The Balaban J connectivity index is 1.60. The molecule has 0 atom stereocenters. The third-order valence-electron chi connectivity index (χ3n) is 4.76. The van der Waals surface area contributed by atoms with Crippen LogP contribution >= 0.6 is 11.3 Å². The third-order valence-corrected chi connectivity index (χ3v) is 5.90. The highest BCUT2D eigenvalue weighted by molar-refractivity contribution is 7.11. The number of hydrogen-bond acceptors (Lipinski definition) is 4. The van der Waals surface area contributed by atoms with Gasteiger partial charge in [-0.1, -0.05) is 26.2 Å². The number of guanidine groups is 1. The van der Waals surface area contributed by atoms with E-state index in [9.17, 15) is 0 Å². The van der Waals surface area contributed by atoms with Gasteiger partial charge < -0.3 is 15.5 Å². The summed E-state index contributed by atoms with van der Waals surface area (Å²) in [6.07, 6.45) is 11.2. The molecule has 0 saturated heterocycles. The molecule has 6 heteroatoms. The van der Waals surface area contributed by atoms with Crippen LogP contribution in [0.15, 0.2) is 11.2 Å². The Bertz CT molecular complexity index is 493. The molecule has 0 aromatic carbocycles. The number of aryl methyl sites for hydroxylation is 1. The predicted octanol–water partition coefficient (Wildman–Crippen LogP) is 3.03. The normalized spacial score (nSPS) is 16.6. The zero-order valence-corrected chi connectivity index (χ0v) is 16.3. The van der Waals surface area contributed by atoms with Gasteiger partial charge in [0.1, 0.15) is 5.01 Å². The van der Waals surface area contributed by atoms with Gasteiger partial charge in [0.15, 0.2) is 5.96 Å². The standard InChI is InChI=1S/C18H33N5S/c1-4-16-13-21-17(24-16)14-22-18(19-2)20-11-8-12-23(3)15-9-6-5-7-10-15/h13,15H,4-12,14H2,1-3H3,(H2,19,20,22). The number of nitrogens with one attached hydrogen (secondary N) is 2. The maximum Gasteiger partial charge on any atom is 0.191 e. The smallest absolute Gasteiger partial charge is 0.191 e. The van der Waals surface area contributed by atoms with Crippen molar-refractivity contribution in [3.05, 3.63) is 16.1 Å². The van der Waals surface area contributed by atoms with E-state index in [1.54, 1.807) is 11.3 Å². The fourth-order valence-electron chi connectivity index (χ4n) is 3.21. The van der Waals surface area contributed by atoms with E-state index < -0.39 is 0 Å². The summed E-state index contributed by atoms with van der Waals surface area (Å²) < 4.78 is 0. The second-order valence-electron chi connectivity index (χ2n) is 6.55. The monoisotopic (exact) mass is 351 g/mol. The first kappa shape index (κ1) is 19.2. The minimum atomic E-state index is 0.742. The Morgan fingerprint density at radius 3 is 2.79 bits per heavy atom. The van der Waals surface area contributed by atoms with Gasteiger partial charge in [0.25, 0.3) is 0 Å². The van der Waals surface area contributed by atoms with Gasteiger partial charge >= 0.3 is 0 Å². The van der Waals surface area contributed by atoms with Gasteiger partial charge in [-0.15, -0.1) is 11.3 Å². The van der Waals surface area contributed by atoms with E-state index in [4.69, 9.17) is 0 Å². The molecule has 1 heterocycles. The molecule has 24 heavy (non-hydrogen) atoms. The Morgan fingerprint density at radius 2 is 2.12 bits per heavy atom. The van der Waals surface area contributed by atoms with Crippen molar-refractivity contribution in [2.75, 3.05) is 27.2 Å². The van der Waals surface area contributed by atoms with Gasteiger partial charge in [-0.3, -0.25) is 4.99 Å². The highest BCUT2D eigenvalue weighted by atomic mass is 32.1. The van der Waals surface area contributed by atoms with Crippen LogP contribution in [0.4, 0.5) is 0 Å². The topological polar surface area (TPSA) is 52.6 Å². The van der Waals surface area contributed by atoms with Crippen molar-refractivity contribution >= 4 is 17.3 Å². The van der Waals surface area contributed by atoms with Crippen LogP contribution in [0, 0.1) is 0 Å². The van der Waals surface area contributed by atoms with Crippen LogP contribution in [0.3, 0.4) is 0 Å². The van der Waals surface area contributed by atoms with Crippen molar-refractivity contribution in [1.82, 2.24) is 20.5 Å². The number of aromatic nitrogens is 1. The molecule has 0 unspecified atom stereocenters. The second kappa shape index (κ2) is 10.7. The average Bonchev–Trinajstić information content (AvgIpc) is 3.09. The number of aliphatic imine (C=N–C) groups is 1. The van der Waals surface area contributed by atoms with E-state index in [-0.39, 0.29) is 0 Å². The fourth-order valence-corrected chi connectivity index (χ4v) is 4.01. The molecule has 0 bridgehead atoms. The molecule has 0 aliphatic heterocycles. The van der Waals surface area contributed by atoms with E-state index in [1.165, 1.54) is 37.0 Å². The lowest BCUT2D eigenvalue weighted by molar-refractivity contribution is 0.190. The number of hydrogen-bond donors (Lipinski definition) is 2. The summed E-state index contributed by atoms with van der Waals surface area (Å²) in [4.78, 5) is 12.6. The van der Waals surface area contributed by atoms with Gasteiger partial charge in [0.05, 0.1) is 6.54 Å². The molecule has 136 valence electrons. The molecular formula is C18H33N5S. The first-order valence-electron chi connectivity index (χ1n) is 9.31. The van der Waals surface area contributed by atoms with E-state index in [0.717, 1.165) is 49.5 Å². The quantitative estimate of drug-likeness (QED) is 0.429. The minimum Gasteiger partial charge on any atom is -0.356 e. The minimum absolute atomic E-state index is 0.742. The summed E-state index contributed by atoms with van der Waals surface area (Å²) in [5.74, 6) is 0.864. The lowest BCUT2D eigenvalue weighted by atomic mass is 9.94. The van der Waals surface area contributed by atoms with Crippen LogP contribution in [0.1, 0.15) is 55.3 Å². The Morgan fingerprint density at radius 1 is 1.33 bits per heavy atom. The summed E-state index contributed by atoms with van der Waals surface area (Å²) in [5.41, 5.74) is 0. The van der Waals surface area contributed by atoms with Crippen LogP contribution in [0.5, 0.6) is 0 Å². The van der Waals surface area contributed by atoms with Gasteiger partial charge in [-0.05, 0) is 39.3 Å². The van der Waals surface area contributed by atoms with E-state index in [0.29, 0.717) is 0 Å². The summed E-state index contributed by atoms with van der Waals surface area (Å²) in [6.45, 7) is 5.01. The van der Waals surface area contributed by atoms with Crippen molar-refractivity contribution in [3.63, 3.8) is 0 Å². The molecule has 1 aliphatic rings. The first-order chi connectivity index (χ1) is 11.7. The van der Waals surface area contributed by atoms with Gasteiger partial charge in [-0.25, -0.2) is 4.98 Å². The van der Waals surface area contributed by atoms with E-state index in [2.05, 4.69) is 39.5 Å². The largest absolute Gasteiger partial charge is 0.356 e. The lowest BCUT2D eigenvalue weighted by Gasteiger charge is -2.31. The van der Waals surface area contributed by atoms with Crippen molar-refractivity contribution in [3.8, 4) is 0 Å². The van der Waals surface area contributed by atoms with Crippen molar-refractivity contribution in [1.29, 1.82) is 0 Å². The number of thiazole rings is 1. The molecule has 1 aromatic rings. The summed E-state index contributed by atoms with van der Waals surface area (Å²) >= 11 is 1.77. The van der Waals surface area contributed by atoms with Gasteiger partial charge in [0.2, 0.25) is 0 Å². The van der Waals surface area contributed by atoms with Gasteiger partial charge in [0, 0.05) is 30.7 Å². The Labute approximate surface area is 151 Å². The molecular weight excluding hydrogens is 318 g/mol. The summed E-state index contributed by atoms with van der Waals surface area (Å²) in [5, 5.41) is 7.87. The zero-order valence-electron chi connectivity index (χ0n) is 15.5. The van der Waals surface area contributed by atoms with Gasteiger partial charge in [-0.2, -0.15) is 0 Å².